The summed E-state index contributed by atoms with van der Waals surface area (Å²) in [5.74, 6) is -1.55. The highest BCUT2D eigenvalue weighted by molar-refractivity contribution is 8.02. The Balaban J connectivity index is 1.74. The van der Waals surface area contributed by atoms with E-state index in [2.05, 4.69) is 13.2 Å². The van der Waals surface area contributed by atoms with E-state index in [1.807, 2.05) is 26.0 Å². The lowest BCUT2D eigenvalue weighted by Gasteiger charge is -2.40. The van der Waals surface area contributed by atoms with E-state index >= 15 is 0 Å². The number of benzene rings is 1. The molecule has 1 N–H and O–H groups in total. The second-order valence-corrected chi connectivity index (χ2v) is 12.4. The molecule has 1 spiro atoms. The number of esters is 1. The predicted octanol–water partition coefficient (Wildman–Crippen LogP) is 3.83. The van der Waals surface area contributed by atoms with Crippen LogP contribution in [0.1, 0.15) is 39.5 Å². The molecule has 0 aromatic heterocycles. The molecule has 0 aliphatic carbocycles. The largest absolute Gasteiger partial charge is 0.497 e. The number of unbranched alkanes of at least 4 members (excludes halogenated alkanes) is 1. The van der Waals surface area contributed by atoms with Gasteiger partial charge in [-0.05, 0) is 55.9 Å². The van der Waals surface area contributed by atoms with Crippen LogP contribution in [0.15, 0.2) is 49.6 Å². The number of rotatable bonds is 13. The van der Waals surface area contributed by atoms with Crippen molar-refractivity contribution < 1.29 is 29.0 Å². The molecule has 0 radical (unpaired) electrons. The van der Waals surface area contributed by atoms with Gasteiger partial charge < -0.3 is 24.4 Å². The van der Waals surface area contributed by atoms with E-state index < -0.39 is 28.7 Å². The normalized spacial score (nSPS) is 27.8. The maximum Gasteiger partial charge on any atom is 0.310 e. The lowest BCUT2D eigenvalue weighted by molar-refractivity contribution is -0.154. The summed E-state index contributed by atoms with van der Waals surface area (Å²) in [6, 6.07) is 5.81. The van der Waals surface area contributed by atoms with Gasteiger partial charge in [-0.2, -0.15) is 0 Å². The van der Waals surface area contributed by atoms with Gasteiger partial charge in [0, 0.05) is 17.5 Å². The summed E-state index contributed by atoms with van der Waals surface area (Å²) in [5, 5.41) is 10.3. The van der Waals surface area contributed by atoms with Crippen molar-refractivity contribution in [3.8, 4) is 5.75 Å². The average Bonchev–Trinajstić information content (AvgIpc) is 3.57. The summed E-state index contributed by atoms with van der Waals surface area (Å²) in [6.07, 6.45) is 6.23. The number of thioether (sulfide) groups is 1. The van der Waals surface area contributed by atoms with Gasteiger partial charge in [-0.25, -0.2) is 0 Å². The van der Waals surface area contributed by atoms with Crippen LogP contribution < -0.4 is 9.64 Å². The minimum atomic E-state index is -0.829. The van der Waals surface area contributed by atoms with Crippen molar-refractivity contribution in [1.82, 2.24) is 4.90 Å². The number of likely N-dealkylation sites (tertiary alicyclic amines) is 1. The number of aliphatic hydroxyl groups is 1. The molecule has 3 fully saturated rings. The molecule has 3 aliphatic heterocycles. The van der Waals surface area contributed by atoms with E-state index in [9.17, 15) is 19.5 Å². The number of nitrogens with zero attached hydrogens (tertiary/aromatic N) is 2. The maximum absolute atomic E-state index is 14.6. The van der Waals surface area contributed by atoms with Crippen LogP contribution in [0.5, 0.6) is 5.75 Å². The lowest BCUT2D eigenvalue weighted by Crippen LogP contribution is -2.58. The maximum atomic E-state index is 14.6. The number of carbonyl (C=O) groups excluding carboxylic acids is 3. The SMILES string of the molecule is C=CCCCOC(=O)[C@@H]1[C@H]2C(=O)N([C@@H](CO)C(C)C)C(C(=O)N(CC=C)c3ccc(OC)cc3)C23CC[C@H]1S3. The zero-order valence-corrected chi connectivity index (χ0v) is 23.9. The second-order valence-electron chi connectivity index (χ2n) is 10.8. The Morgan fingerprint density at radius 1 is 1.26 bits per heavy atom. The van der Waals surface area contributed by atoms with E-state index in [4.69, 9.17) is 9.47 Å². The molecule has 1 aromatic rings. The van der Waals surface area contributed by atoms with Crippen LogP contribution >= 0.6 is 11.8 Å². The fraction of sp³-hybridized carbons (Fsp3) is 0.567. The number of carbonyl (C=O) groups is 3. The number of aliphatic hydroxyl groups excluding tert-OH is 1. The third-order valence-corrected chi connectivity index (χ3v) is 10.3. The molecule has 6 atom stereocenters. The molecule has 9 heteroatoms. The smallest absolute Gasteiger partial charge is 0.310 e. The Morgan fingerprint density at radius 2 is 1.97 bits per heavy atom. The number of hydrogen-bond acceptors (Lipinski definition) is 7. The molecular formula is C30H40N2O6S. The highest BCUT2D eigenvalue weighted by Gasteiger charge is 2.75. The molecule has 2 amide bonds. The molecule has 212 valence electrons. The zero-order chi connectivity index (χ0) is 28.3. The predicted molar refractivity (Wildman–Crippen MR) is 153 cm³/mol. The van der Waals surface area contributed by atoms with Crippen molar-refractivity contribution in [2.45, 2.75) is 61.6 Å². The number of ether oxygens (including phenoxy) is 2. The number of allylic oxidation sites excluding steroid dienone is 1. The molecule has 8 nitrogen and oxygen atoms in total. The number of hydrogen-bond donors (Lipinski definition) is 1. The van der Waals surface area contributed by atoms with Gasteiger partial charge in [0.1, 0.15) is 11.8 Å². The molecule has 3 aliphatic rings. The molecule has 0 saturated carbocycles. The third-order valence-electron chi connectivity index (χ3n) is 8.32. The Morgan fingerprint density at radius 3 is 2.56 bits per heavy atom. The summed E-state index contributed by atoms with van der Waals surface area (Å²) in [5.41, 5.74) is 0.661. The van der Waals surface area contributed by atoms with Crippen LogP contribution in [0.4, 0.5) is 5.69 Å². The summed E-state index contributed by atoms with van der Waals surface area (Å²) < 4.78 is 10.2. The monoisotopic (exact) mass is 556 g/mol. The molecule has 2 unspecified atom stereocenters. The molecule has 3 heterocycles. The highest BCUT2D eigenvalue weighted by atomic mass is 32.2. The van der Waals surface area contributed by atoms with Crippen molar-refractivity contribution in [3.05, 3.63) is 49.6 Å². The average molecular weight is 557 g/mol. The van der Waals surface area contributed by atoms with Crippen LogP contribution in [0.25, 0.3) is 0 Å². The first-order chi connectivity index (χ1) is 18.7. The van der Waals surface area contributed by atoms with E-state index in [1.54, 1.807) is 53.0 Å². The Bertz CT molecular complexity index is 1090. The molecular weight excluding hydrogens is 516 g/mol. The minimum absolute atomic E-state index is 0.0798. The first kappa shape index (κ1) is 29.2. The van der Waals surface area contributed by atoms with E-state index in [-0.39, 0.29) is 48.7 Å². The van der Waals surface area contributed by atoms with Crippen LogP contribution in [-0.4, -0.2) is 76.7 Å². The van der Waals surface area contributed by atoms with Gasteiger partial charge in [-0.15, -0.1) is 24.9 Å². The summed E-state index contributed by atoms with van der Waals surface area (Å²) in [4.78, 5) is 45.4. The Hall–Kier alpha value is -2.78. The second kappa shape index (κ2) is 12.2. The third kappa shape index (κ3) is 5.11. The topological polar surface area (TPSA) is 96.4 Å². The van der Waals surface area contributed by atoms with Crippen molar-refractivity contribution >= 4 is 35.2 Å². The van der Waals surface area contributed by atoms with Gasteiger partial charge in [0.25, 0.3) is 5.91 Å². The first-order valence-electron chi connectivity index (χ1n) is 13.7. The fourth-order valence-corrected chi connectivity index (χ4v) is 8.66. The standard InChI is InChI=1S/C30H40N2O6S/c1-6-8-9-17-38-29(36)24-23-14-15-30(39-23)25(24)27(34)32(22(18-33)19(3)4)26(30)28(35)31(16-7-2)20-10-12-21(37-5)13-11-20/h6-7,10-13,19,22-26,33H,1-2,8-9,14-18H2,3-5H3/t22-,23+,24-,25-,26?,30?/m0/s1. The van der Waals surface area contributed by atoms with Gasteiger partial charge in [0.05, 0.1) is 42.9 Å². The molecule has 3 saturated heterocycles. The van der Waals surface area contributed by atoms with Gasteiger partial charge in [0.15, 0.2) is 0 Å². The number of methoxy groups -OCH3 is 1. The van der Waals surface area contributed by atoms with E-state index in [0.717, 1.165) is 12.8 Å². The number of amides is 2. The molecule has 2 bridgehead atoms. The number of fused-ring (bicyclic) bond motifs is 1. The van der Waals surface area contributed by atoms with Crippen LogP contribution in [0.2, 0.25) is 0 Å². The van der Waals surface area contributed by atoms with Gasteiger partial charge in [0.2, 0.25) is 5.91 Å². The van der Waals surface area contributed by atoms with E-state index in [0.29, 0.717) is 24.3 Å². The molecule has 4 rings (SSSR count). The fourth-order valence-electron chi connectivity index (χ4n) is 6.47. The lowest BCUT2D eigenvalue weighted by atomic mass is 9.71. The van der Waals surface area contributed by atoms with Gasteiger partial charge >= 0.3 is 5.97 Å². The van der Waals surface area contributed by atoms with E-state index in [1.165, 1.54) is 0 Å². The van der Waals surface area contributed by atoms with Crippen molar-refractivity contribution in [2.24, 2.45) is 17.8 Å². The minimum Gasteiger partial charge on any atom is -0.497 e. The van der Waals surface area contributed by atoms with Crippen LogP contribution in [-0.2, 0) is 19.1 Å². The summed E-state index contributed by atoms with van der Waals surface area (Å²) in [7, 11) is 1.58. The van der Waals surface area contributed by atoms with Gasteiger partial charge in [-0.1, -0.05) is 26.0 Å². The van der Waals surface area contributed by atoms with Crippen LogP contribution in [0.3, 0.4) is 0 Å². The zero-order valence-electron chi connectivity index (χ0n) is 23.1. The Labute approximate surface area is 235 Å². The van der Waals surface area contributed by atoms with Crippen LogP contribution in [0, 0.1) is 17.8 Å². The first-order valence-corrected chi connectivity index (χ1v) is 14.6. The quantitative estimate of drug-likeness (QED) is 0.224. The Kier molecular flexibility index (Phi) is 9.11. The van der Waals surface area contributed by atoms with Crippen molar-refractivity contribution in [1.29, 1.82) is 0 Å². The highest BCUT2D eigenvalue weighted by Crippen LogP contribution is 2.67. The van der Waals surface area contributed by atoms with Crippen molar-refractivity contribution in [3.63, 3.8) is 0 Å². The summed E-state index contributed by atoms with van der Waals surface area (Å²) >= 11 is 1.60. The van der Waals surface area contributed by atoms with Gasteiger partial charge in [-0.3, -0.25) is 14.4 Å². The van der Waals surface area contributed by atoms with Crippen molar-refractivity contribution in [2.75, 3.05) is 31.8 Å². The molecule has 39 heavy (non-hydrogen) atoms. The summed E-state index contributed by atoms with van der Waals surface area (Å²) in [6.45, 7) is 11.7. The number of anilines is 1. The molecule has 1 aromatic carbocycles.